The third-order valence-electron chi connectivity index (χ3n) is 8.23. The monoisotopic (exact) mass is 638 g/mol. The number of furan rings is 1. The second kappa shape index (κ2) is 12.2. The van der Waals surface area contributed by atoms with Crippen LogP contribution in [-0.2, 0) is 0 Å². The number of fused-ring (bicyclic) bond motifs is 3. The van der Waals surface area contributed by atoms with Gasteiger partial charge in [-0.2, -0.15) is 0 Å². The van der Waals surface area contributed by atoms with E-state index in [1.54, 1.807) is 12.1 Å². The van der Waals surface area contributed by atoms with E-state index in [1.807, 2.05) is 72.8 Å². The molecule has 4 heteroatoms. The molecule has 0 fully saturated rings. The van der Waals surface area contributed by atoms with Gasteiger partial charge in [-0.05, 0) is 45.5 Å². The van der Waals surface area contributed by atoms with E-state index in [-0.39, 0.29) is 50.5 Å². The van der Waals surface area contributed by atoms with Crippen LogP contribution >= 0.6 is 0 Å². The van der Waals surface area contributed by atoms with Crippen molar-refractivity contribution in [1.29, 1.82) is 0 Å². The minimum absolute atomic E-state index is 0.102. The van der Waals surface area contributed by atoms with Crippen molar-refractivity contribution in [3.05, 3.63) is 176 Å². The zero-order valence-corrected chi connectivity index (χ0v) is 25.6. The molecule has 0 aliphatic heterocycles. The lowest BCUT2D eigenvalue weighted by molar-refractivity contribution is 0.669. The standard InChI is InChI=1S/C45H29N3O/c1-4-12-30(13-5-1)31-22-24-32(25-23-31)33-26-28-36(29-27-33)44-46-43(35-16-8-3-9-17-35)47-45(48-44)39-20-10-19-38-41-37(34-14-6-2-7-15-34)18-11-21-40(41)49-42(38)39/h1-29H/i2D,6D,7D,10D,11D,14D,15D,18D,19D,20D,21D. The van der Waals surface area contributed by atoms with Gasteiger partial charge in [0.15, 0.2) is 17.5 Å². The van der Waals surface area contributed by atoms with Crippen LogP contribution in [0.5, 0.6) is 0 Å². The van der Waals surface area contributed by atoms with Crippen molar-refractivity contribution in [3.8, 4) is 67.5 Å². The number of hydrogen-bond donors (Lipinski definition) is 0. The largest absolute Gasteiger partial charge is 0.455 e. The Hall–Kier alpha value is -6.65. The molecule has 7 aromatic carbocycles. The van der Waals surface area contributed by atoms with Gasteiger partial charge in [-0.15, -0.1) is 0 Å². The van der Waals surface area contributed by atoms with Gasteiger partial charge in [0.25, 0.3) is 0 Å². The van der Waals surface area contributed by atoms with Crippen LogP contribution in [0.25, 0.3) is 89.5 Å². The Kier molecular flexibility index (Phi) is 4.78. The van der Waals surface area contributed by atoms with Crippen LogP contribution in [0.4, 0.5) is 0 Å². The lowest BCUT2D eigenvalue weighted by Crippen LogP contribution is -2.00. The highest BCUT2D eigenvalue weighted by Gasteiger charge is 2.19. The van der Waals surface area contributed by atoms with Crippen molar-refractivity contribution in [2.24, 2.45) is 0 Å². The van der Waals surface area contributed by atoms with E-state index in [1.165, 1.54) is 0 Å². The van der Waals surface area contributed by atoms with Crippen LogP contribution in [0.3, 0.4) is 0 Å². The Morgan fingerprint density at radius 3 is 1.51 bits per heavy atom. The maximum atomic E-state index is 9.16. The average Bonchev–Trinajstić information content (AvgIpc) is 3.68. The fourth-order valence-corrected chi connectivity index (χ4v) is 5.83. The van der Waals surface area contributed by atoms with Gasteiger partial charge < -0.3 is 4.42 Å². The average molecular weight is 639 g/mol. The normalized spacial score (nSPS) is 14.4. The molecule has 4 nitrogen and oxygen atoms in total. The number of aromatic nitrogens is 3. The highest BCUT2D eigenvalue weighted by atomic mass is 16.3. The second-order valence-corrected chi connectivity index (χ2v) is 11.2. The minimum Gasteiger partial charge on any atom is -0.455 e. The first-order valence-corrected chi connectivity index (χ1v) is 15.5. The van der Waals surface area contributed by atoms with Gasteiger partial charge in [0.1, 0.15) is 11.2 Å². The van der Waals surface area contributed by atoms with E-state index in [2.05, 4.69) is 24.3 Å². The zero-order chi connectivity index (χ0) is 42.1. The van der Waals surface area contributed by atoms with E-state index in [9.17, 15) is 0 Å². The molecule has 2 aromatic heterocycles. The van der Waals surface area contributed by atoms with Gasteiger partial charge in [-0.3, -0.25) is 0 Å². The summed E-state index contributed by atoms with van der Waals surface area (Å²) in [6.45, 7) is 0. The summed E-state index contributed by atoms with van der Waals surface area (Å²) in [5, 5.41) is -0.352. The molecule has 0 atom stereocenters. The van der Waals surface area contributed by atoms with Crippen LogP contribution < -0.4 is 0 Å². The van der Waals surface area contributed by atoms with Crippen LogP contribution in [0.15, 0.2) is 180 Å². The third-order valence-corrected chi connectivity index (χ3v) is 8.23. The summed E-state index contributed by atoms with van der Waals surface area (Å²) in [4.78, 5) is 14.4. The first-order chi connectivity index (χ1) is 28.8. The summed E-state index contributed by atoms with van der Waals surface area (Å²) in [6, 6.07) is 28.2. The van der Waals surface area contributed by atoms with Crippen LogP contribution in [-0.4, -0.2) is 15.0 Å². The molecule has 230 valence electrons. The fraction of sp³-hybridized carbons (Fsp3) is 0. The molecule has 0 saturated heterocycles. The molecule has 0 radical (unpaired) electrons. The van der Waals surface area contributed by atoms with E-state index in [0.717, 1.165) is 22.3 Å². The Balaban J connectivity index is 1.27. The summed E-state index contributed by atoms with van der Waals surface area (Å²) in [6.07, 6.45) is 0. The first kappa shape index (κ1) is 19.2. The Labute approximate surface area is 299 Å². The quantitative estimate of drug-likeness (QED) is 0.182. The molecule has 0 bridgehead atoms. The summed E-state index contributed by atoms with van der Waals surface area (Å²) >= 11 is 0. The molecule has 2 heterocycles. The lowest BCUT2D eigenvalue weighted by Gasteiger charge is -2.10. The van der Waals surface area contributed by atoms with Gasteiger partial charge in [0.05, 0.1) is 20.6 Å². The molecule has 0 spiro atoms. The second-order valence-electron chi connectivity index (χ2n) is 11.2. The molecule has 0 amide bonds. The van der Waals surface area contributed by atoms with Gasteiger partial charge in [-0.1, -0.05) is 164 Å². The topological polar surface area (TPSA) is 51.8 Å². The summed E-state index contributed by atoms with van der Waals surface area (Å²) < 4.78 is 102. The fourth-order valence-electron chi connectivity index (χ4n) is 5.83. The van der Waals surface area contributed by atoms with Crippen molar-refractivity contribution in [2.45, 2.75) is 0 Å². The Bertz CT molecular complexity index is 3170. The van der Waals surface area contributed by atoms with Crippen LogP contribution in [0.2, 0.25) is 0 Å². The Morgan fingerprint density at radius 1 is 0.388 bits per heavy atom. The maximum absolute atomic E-state index is 9.16. The summed E-state index contributed by atoms with van der Waals surface area (Å²) in [7, 11) is 0. The van der Waals surface area contributed by atoms with Crippen molar-refractivity contribution >= 4 is 21.9 Å². The van der Waals surface area contributed by atoms with Gasteiger partial charge in [0.2, 0.25) is 0 Å². The van der Waals surface area contributed by atoms with Crippen molar-refractivity contribution in [1.82, 2.24) is 15.0 Å². The molecule has 0 saturated carbocycles. The van der Waals surface area contributed by atoms with Crippen molar-refractivity contribution < 1.29 is 19.5 Å². The number of para-hydroxylation sites is 1. The highest BCUT2D eigenvalue weighted by Crippen LogP contribution is 2.40. The predicted molar refractivity (Wildman–Crippen MR) is 200 cm³/mol. The SMILES string of the molecule is [2H]c1c([2H])c([2H])c(-c2c([2H])c([2H])c([2H])c3oc4c(-c5nc(-c6ccccc6)nc(-c6ccc(-c7ccc(-c8ccccc8)cc7)cc6)n5)c([2H])c([2H])c([2H])c4c23)c([2H])c1[2H]. The number of rotatable bonds is 6. The Morgan fingerprint density at radius 2 is 0.878 bits per heavy atom. The van der Waals surface area contributed by atoms with E-state index in [0.29, 0.717) is 11.1 Å². The molecule has 9 aromatic rings. The number of nitrogens with zero attached hydrogens (tertiary/aromatic N) is 3. The van der Waals surface area contributed by atoms with Gasteiger partial charge in [-0.25, -0.2) is 15.0 Å². The number of hydrogen-bond acceptors (Lipinski definition) is 4. The predicted octanol–water partition coefficient (Wildman–Crippen LogP) is 11.8. The number of benzene rings is 7. The molecule has 9 rings (SSSR count). The molecule has 0 N–H and O–H groups in total. The highest BCUT2D eigenvalue weighted by molar-refractivity contribution is 6.15. The first-order valence-electron chi connectivity index (χ1n) is 21.0. The van der Waals surface area contributed by atoms with E-state index >= 15 is 0 Å². The third kappa shape index (κ3) is 5.35. The summed E-state index contributed by atoms with van der Waals surface area (Å²) in [5.41, 5.74) is 3.91. The van der Waals surface area contributed by atoms with Crippen LogP contribution in [0.1, 0.15) is 15.1 Å². The zero-order valence-electron chi connectivity index (χ0n) is 36.6. The molecular formula is C45H29N3O. The smallest absolute Gasteiger partial charge is 0.167 e. The molecule has 0 aliphatic carbocycles. The van der Waals surface area contributed by atoms with E-state index in [4.69, 9.17) is 34.4 Å². The lowest BCUT2D eigenvalue weighted by atomic mass is 9.99. The maximum Gasteiger partial charge on any atom is 0.167 e. The van der Waals surface area contributed by atoms with Crippen LogP contribution in [0, 0.1) is 0 Å². The van der Waals surface area contributed by atoms with E-state index < -0.39 is 72.0 Å². The minimum atomic E-state index is -0.686. The van der Waals surface area contributed by atoms with Gasteiger partial charge >= 0.3 is 0 Å². The molecule has 49 heavy (non-hydrogen) atoms. The van der Waals surface area contributed by atoms with Crippen molar-refractivity contribution in [3.63, 3.8) is 0 Å². The molecule has 0 aliphatic rings. The van der Waals surface area contributed by atoms with Gasteiger partial charge in [0, 0.05) is 21.9 Å². The molecule has 0 unspecified atom stereocenters. The van der Waals surface area contributed by atoms with Crippen molar-refractivity contribution in [2.75, 3.05) is 0 Å². The summed E-state index contributed by atoms with van der Waals surface area (Å²) in [5.74, 6) is 0.345. The molecular weight excluding hydrogens is 599 g/mol.